The lowest BCUT2D eigenvalue weighted by Crippen LogP contribution is -2.21. The first kappa shape index (κ1) is 18.6. The molecule has 132 valence electrons. The van der Waals surface area contributed by atoms with Crippen LogP contribution in [0.3, 0.4) is 0 Å². The molecule has 6 nitrogen and oxygen atoms in total. The van der Waals surface area contributed by atoms with Gasteiger partial charge >= 0.3 is 0 Å². The van der Waals surface area contributed by atoms with Crippen molar-refractivity contribution in [3.63, 3.8) is 0 Å². The highest BCUT2D eigenvalue weighted by atomic mass is 35.5. The monoisotopic (exact) mass is 362 g/mol. The van der Waals surface area contributed by atoms with E-state index in [4.69, 9.17) is 21.1 Å². The molecule has 0 saturated carbocycles. The lowest BCUT2D eigenvalue weighted by atomic mass is 10.2. The number of ether oxygens (including phenoxy) is 2. The second-order valence-corrected chi connectivity index (χ2v) is 5.51. The van der Waals surface area contributed by atoms with Crippen LogP contribution in [0.5, 0.6) is 11.5 Å². The van der Waals surface area contributed by atoms with E-state index in [2.05, 4.69) is 10.6 Å². The van der Waals surface area contributed by atoms with Crippen LogP contribution in [0.25, 0.3) is 0 Å². The van der Waals surface area contributed by atoms with Crippen molar-refractivity contribution < 1.29 is 19.1 Å². The molecule has 0 aliphatic heterocycles. The van der Waals surface area contributed by atoms with Crippen LogP contribution in [-0.2, 0) is 9.59 Å². The molecule has 0 aliphatic carbocycles. The van der Waals surface area contributed by atoms with E-state index in [0.29, 0.717) is 34.5 Å². The van der Waals surface area contributed by atoms with Gasteiger partial charge in [0.25, 0.3) is 0 Å². The summed E-state index contributed by atoms with van der Waals surface area (Å²) in [6.45, 7) is 2.46. The molecular formula is C18H19ClN2O4. The standard InChI is InChI=1S/C18H19ClN2O4/c1-3-25-14-7-5-13(6-8-14)20-17(22)11-18(23)21-15-10-12(19)4-9-16(15)24-2/h4-10H,3,11H2,1-2H3,(H,20,22)(H,21,23). The fourth-order valence-electron chi connectivity index (χ4n) is 2.12. The Balaban J connectivity index is 1.92. The molecule has 0 aromatic heterocycles. The minimum atomic E-state index is -0.469. The highest BCUT2D eigenvalue weighted by Gasteiger charge is 2.13. The molecule has 25 heavy (non-hydrogen) atoms. The molecule has 7 heteroatoms. The summed E-state index contributed by atoms with van der Waals surface area (Å²) in [7, 11) is 1.48. The minimum absolute atomic E-state index is 0.330. The predicted molar refractivity (Wildman–Crippen MR) is 97.5 cm³/mol. The Kier molecular flexibility index (Phi) is 6.65. The van der Waals surface area contributed by atoms with Crippen LogP contribution < -0.4 is 20.1 Å². The highest BCUT2D eigenvalue weighted by molar-refractivity contribution is 6.31. The van der Waals surface area contributed by atoms with Crippen LogP contribution >= 0.6 is 11.6 Å². The normalized spacial score (nSPS) is 10.0. The van der Waals surface area contributed by atoms with Gasteiger partial charge in [0, 0.05) is 10.7 Å². The fraction of sp³-hybridized carbons (Fsp3) is 0.222. The third kappa shape index (κ3) is 5.69. The van der Waals surface area contributed by atoms with Crippen molar-refractivity contribution >= 4 is 34.8 Å². The number of nitrogens with one attached hydrogen (secondary N) is 2. The molecular weight excluding hydrogens is 344 g/mol. The molecule has 0 aliphatic rings. The molecule has 0 unspecified atom stereocenters. The van der Waals surface area contributed by atoms with Gasteiger partial charge in [-0.25, -0.2) is 0 Å². The number of methoxy groups -OCH3 is 1. The van der Waals surface area contributed by atoms with E-state index >= 15 is 0 Å². The number of carbonyl (C=O) groups excluding carboxylic acids is 2. The van der Waals surface area contributed by atoms with Crippen LogP contribution in [0.2, 0.25) is 5.02 Å². The van der Waals surface area contributed by atoms with Crippen molar-refractivity contribution in [3.05, 3.63) is 47.5 Å². The Bertz CT molecular complexity index is 747. The summed E-state index contributed by atoms with van der Waals surface area (Å²) >= 11 is 5.91. The van der Waals surface area contributed by atoms with Gasteiger partial charge in [0.05, 0.1) is 19.4 Å². The fourth-order valence-corrected chi connectivity index (χ4v) is 2.30. The summed E-state index contributed by atoms with van der Waals surface area (Å²) in [6.07, 6.45) is -0.330. The zero-order valence-electron chi connectivity index (χ0n) is 14.0. The number of carbonyl (C=O) groups is 2. The number of amides is 2. The summed E-state index contributed by atoms with van der Waals surface area (Å²) in [5.74, 6) is 0.280. The van der Waals surface area contributed by atoms with Gasteiger partial charge in [-0.05, 0) is 49.4 Å². The summed E-state index contributed by atoms with van der Waals surface area (Å²) in [6, 6.07) is 11.8. The maximum absolute atomic E-state index is 12.0. The molecule has 2 amide bonds. The Morgan fingerprint density at radius 1 is 1.04 bits per heavy atom. The maximum atomic E-state index is 12.0. The van der Waals surface area contributed by atoms with E-state index < -0.39 is 11.8 Å². The zero-order chi connectivity index (χ0) is 18.2. The van der Waals surface area contributed by atoms with E-state index in [1.165, 1.54) is 7.11 Å². The van der Waals surface area contributed by atoms with E-state index in [0.717, 1.165) is 0 Å². The summed E-state index contributed by atoms with van der Waals surface area (Å²) in [4.78, 5) is 24.0. The second kappa shape index (κ2) is 8.94. The molecule has 2 N–H and O–H groups in total. The molecule has 0 atom stereocenters. The van der Waals surface area contributed by atoms with Crippen molar-refractivity contribution in [2.75, 3.05) is 24.4 Å². The van der Waals surface area contributed by atoms with E-state index in [-0.39, 0.29) is 6.42 Å². The van der Waals surface area contributed by atoms with Gasteiger partial charge in [-0.2, -0.15) is 0 Å². The summed E-state index contributed by atoms with van der Waals surface area (Å²) in [5, 5.41) is 5.72. The molecule has 0 bridgehead atoms. The molecule has 2 aromatic rings. The van der Waals surface area contributed by atoms with Gasteiger partial charge in [0.1, 0.15) is 17.9 Å². The van der Waals surface area contributed by atoms with Crippen LogP contribution in [-0.4, -0.2) is 25.5 Å². The van der Waals surface area contributed by atoms with Crippen LogP contribution in [0.15, 0.2) is 42.5 Å². The van der Waals surface area contributed by atoms with Crippen molar-refractivity contribution in [1.29, 1.82) is 0 Å². The largest absolute Gasteiger partial charge is 0.495 e. The molecule has 2 rings (SSSR count). The van der Waals surface area contributed by atoms with Crippen LogP contribution in [0.4, 0.5) is 11.4 Å². The number of benzene rings is 2. The third-order valence-electron chi connectivity index (χ3n) is 3.21. The predicted octanol–water partition coefficient (Wildman–Crippen LogP) is 3.71. The Morgan fingerprint density at radius 3 is 2.36 bits per heavy atom. The van der Waals surface area contributed by atoms with Gasteiger partial charge in [-0.1, -0.05) is 11.6 Å². The molecule has 0 heterocycles. The number of anilines is 2. The number of halogens is 1. The molecule has 2 aromatic carbocycles. The number of rotatable bonds is 7. The van der Waals surface area contributed by atoms with Crippen molar-refractivity contribution in [3.8, 4) is 11.5 Å². The molecule has 0 fully saturated rings. The van der Waals surface area contributed by atoms with Crippen LogP contribution in [0.1, 0.15) is 13.3 Å². The highest BCUT2D eigenvalue weighted by Crippen LogP contribution is 2.27. The third-order valence-corrected chi connectivity index (χ3v) is 3.44. The Labute approximate surface area is 151 Å². The lowest BCUT2D eigenvalue weighted by Gasteiger charge is -2.11. The van der Waals surface area contributed by atoms with Gasteiger partial charge < -0.3 is 20.1 Å². The molecule has 0 spiro atoms. The first-order valence-electron chi connectivity index (χ1n) is 7.68. The van der Waals surface area contributed by atoms with Crippen molar-refractivity contribution in [1.82, 2.24) is 0 Å². The maximum Gasteiger partial charge on any atom is 0.233 e. The number of hydrogen-bond donors (Lipinski definition) is 2. The summed E-state index contributed by atoms with van der Waals surface area (Å²) < 4.78 is 10.5. The average molecular weight is 363 g/mol. The first-order chi connectivity index (χ1) is 12.0. The second-order valence-electron chi connectivity index (χ2n) is 5.08. The molecule has 0 radical (unpaired) electrons. The van der Waals surface area contributed by atoms with E-state index in [1.54, 1.807) is 42.5 Å². The van der Waals surface area contributed by atoms with Gasteiger partial charge in [-0.3, -0.25) is 9.59 Å². The minimum Gasteiger partial charge on any atom is -0.495 e. The Morgan fingerprint density at radius 2 is 1.72 bits per heavy atom. The zero-order valence-corrected chi connectivity index (χ0v) is 14.7. The lowest BCUT2D eigenvalue weighted by molar-refractivity contribution is -0.123. The smallest absolute Gasteiger partial charge is 0.233 e. The quantitative estimate of drug-likeness (QED) is 0.736. The van der Waals surface area contributed by atoms with E-state index in [1.807, 2.05) is 6.92 Å². The van der Waals surface area contributed by atoms with Crippen molar-refractivity contribution in [2.24, 2.45) is 0 Å². The van der Waals surface area contributed by atoms with Crippen molar-refractivity contribution in [2.45, 2.75) is 13.3 Å². The van der Waals surface area contributed by atoms with Crippen LogP contribution in [0, 0.1) is 0 Å². The van der Waals surface area contributed by atoms with Gasteiger partial charge in [0.15, 0.2) is 0 Å². The van der Waals surface area contributed by atoms with Gasteiger partial charge in [-0.15, -0.1) is 0 Å². The summed E-state index contributed by atoms with van der Waals surface area (Å²) in [5.41, 5.74) is 0.996. The Hall–Kier alpha value is -2.73. The number of hydrogen-bond acceptors (Lipinski definition) is 4. The average Bonchev–Trinajstić information content (AvgIpc) is 2.57. The van der Waals surface area contributed by atoms with Gasteiger partial charge in [0.2, 0.25) is 11.8 Å². The molecule has 0 saturated heterocycles. The SMILES string of the molecule is CCOc1ccc(NC(=O)CC(=O)Nc2cc(Cl)ccc2OC)cc1. The first-order valence-corrected chi connectivity index (χ1v) is 8.05. The van der Waals surface area contributed by atoms with E-state index in [9.17, 15) is 9.59 Å². The topological polar surface area (TPSA) is 76.7 Å².